The molecule has 116 valence electrons. The molecule has 2 unspecified atom stereocenters. The highest BCUT2D eigenvalue weighted by Crippen LogP contribution is 2.37. The van der Waals surface area contributed by atoms with E-state index in [1.54, 1.807) is 0 Å². The van der Waals surface area contributed by atoms with E-state index >= 15 is 0 Å². The van der Waals surface area contributed by atoms with Crippen LogP contribution in [0.15, 0.2) is 18.2 Å². The molecule has 7 heteroatoms. The van der Waals surface area contributed by atoms with Gasteiger partial charge in [-0.2, -0.15) is 13.2 Å². The van der Waals surface area contributed by atoms with Crippen LogP contribution in [0.3, 0.4) is 0 Å². The van der Waals surface area contributed by atoms with Crippen LogP contribution >= 0.6 is 11.6 Å². The first-order valence-electron chi connectivity index (χ1n) is 6.70. The monoisotopic (exact) mass is 320 g/mol. The Kier molecular flexibility index (Phi) is 4.78. The number of benzene rings is 1. The maximum Gasteiger partial charge on any atom is 0.418 e. The van der Waals surface area contributed by atoms with Crippen LogP contribution in [-0.4, -0.2) is 11.9 Å². The highest BCUT2D eigenvalue weighted by molar-refractivity contribution is 6.30. The van der Waals surface area contributed by atoms with Gasteiger partial charge in [-0.25, -0.2) is 0 Å². The Hall–Kier alpha value is -1.27. The molecular formula is C14H16ClF3N2O. The number of carbonyl (C=O) groups excluding carboxylic acids is 1. The number of carbonyl (C=O) groups is 1. The Balaban J connectivity index is 2.17. The van der Waals surface area contributed by atoms with E-state index in [4.69, 9.17) is 17.3 Å². The normalized spacial score (nSPS) is 22.9. The zero-order valence-electron chi connectivity index (χ0n) is 11.2. The van der Waals surface area contributed by atoms with Gasteiger partial charge in [-0.05, 0) is 37.5 Å². The second-order valence-corrected chi connectivity index (χ2v) is 5.74. The fraction of sp³-hybridized carbons (Fsp3) is 0.500. The van der Waals surface area contributed by atoms with Crippen molar-refractivity contribution >= 4 is 23.2 Å². The minimum absolute atomic E-state index is 0.0278. The van der Waals surface area contributed by atoms with E-state index in [9.17, 15) is 18.0 Å². The summed E-state index contributed by atoms with van der Waals surface area (Å²) < 4.78 is 38.9. The van der Waals surface area contributed by atoms with Crippen molar-refractivity contribution in [3.63, 3.8) is 0 Å². The highest BCUT2D eigenvalue weighted by atomic mass is 35.5. The smallest absolute Gasteiger partial charge is 0.328 e. The largest absolute Gasteiger partial charge is 0.418 e. The van der Waals surface area contributed by atoms with Crippen LogP contribution in [0.2, 0.25) is 5.02 Å². The molecule has 3 nitrogen and oxygen atoms in total. The fourth-order valence-electron chi connectivity index (χ4n) is 2.56. The number of hydrogen-bond donors (Lipinski definition) is 2. The van der Waals surface area contributed by atoms with Gasteiger partial charge in [0.1, 0.15) is 0 Å². The first-order chi connectivity index (χ1) is 9.77. The van der Waals surface area contributed by atoms with Gasteiger partial charge in [-0.15, -0.1) is 0 Å². The van der Waals surface area contributed by atoms with E-state index in [1.807, 2.05) is 0 Å². The van der Waals surface area contributed by atoms with Crippen LogP contribution in [0, 0.1) is 5.92 Å². The van der Waals surface area contributed by atoms with Crippen molar-refractivity contribution in [3.8, 4) is 0 Å². The summed E-state index contributed by atoms with van der Waals surface area (Å²) in [6.07, 6.45) is -1.77. The Bertz CT molecular complexity index is 533. The van der Waals surface area contributed by atoms with Crippen LogP contribution in [0.25, 0.3) is 0 Å². The lowest BCUT2D eigenvalue weighted by atomic mass is 9.85. The number of anilines is 1. The van der Waals surface area contributed by atoms with Gasteiger partial charge in [-0.1, -0.05) is 18.0 Å². The number of amides is 1. The summed E-state index contributed by atoms with van der Waals surface area (Å²) >= 11 is 5.60. The Morgan fingerprint density at radius 2 is 2.05 bits per heavy atom. The average Bonchev–Trinajstić information content (AvgIpc) is 2.39. The van der Waals surface area contributed by atoms with Crippen molar-refractivity contribution in [2.24, 2.45) is 11.7 Å². The summed E-state index contributed by atoms with van der Waals surface area (Å²) in [5.41, 5.74) is 4.59. The topological polar surface area (TPSA) is 55.1 Å². The SMILES string of the molecule is NC1CCCC(C(=O)Nc2ccc(Cl)cc2C(F)(F)F)C1. The van der Waals surface area contributed by atoms with Gasteiger partial charge in [-0.3, -0.25) is 4.79 Å². The zero-order valence-corrected chi connectivity index (χ0v) is 12.0. The predicted octanol–water partition coefficient (Wildman–Crippen LogP) is 3.81. The molecule has 0 aliphatic heterocycles. The van der Waals surface area contributed by atoms with Crippen LogP contribution in [0.5, 0.6) is 0 Å². The van der Waals surface area contributed by atoms with Crippen molar-refractivity contribution in [2.45, 2.75) is 37.9 Å². The van der Waals surface area contributed by atoms with E-state index in [0.29, 0.717) is 12.8 Å². The molecule has 1 aromatic rings. The summed E-state index contributed by atoms with van der Waals surface area (Å²) in [4.78, 5) is 12.1. The third kappa shape index (κ3) is 4.11. The number of nitrogens with one attached hydrogen (secondary N) is 1. The van der Waals surface area contributed by atoms with Crippen LogP contribution in [0.4, 0.5) is 18.9 Å². The molecule has 1 aromatic carbocycles. The van der Waals surface area contributed by atoms with Crippen molar-refractivity contribution in [2.75, 3.05) is 5.32 Å². The molecule has 1 amide bonds. The molecule has 3 N–H and O–H groups in total. The quantitative estimate of drug-likeness (QED) is 0.870. The Morgan fingerprint density at radius 3 is 2.67 bits per heavy atom. The number of nitrogens with two attached hydrogens (primary N) is 1. The maximum atomic E-state index is 13.0. The molecule has 0 saturated heterocycles. The van der Waals surface area contributed by atoms with Crippen molar-refractivity contribution in [1.82, 2.24) is 0 Å². The first-order valence-corrected chi connectivity index (χ1v) is 7.08. The number of halogens is 4. The summed E-state index contributed by atoms with van der Waals surface area (Å²) in [5.74, 6) is -0.761. The van der Waals surface area contributed by atoms with Gasteiger partial charge in [0.05, 0.1) is 11.3 Å². The molecule has 0 bridgehead atoms. The molecule has 0 spiro atoms. The summed E-state index contributed by atoms with van der Waals surface area (Å²) in [7, 11) is 0. The summed E-state index contributed by atoms with van der Waals surface area (Å²) in [5, 5.41) is 2.33. The molecule has 2 atom stereocenters. The van der Waals surface area contributed by atoms with Crippen LogP contribution in [-0.2, 0) is 11.0 Å². The Morgan fingerprint density at radius 1 is 1.33 bits per heavy atom. The van der Waals surface area contributed by atoms with Crippen molar-refractivity contribution < 1.29 is 18.0 Å². The molecule has 0 heterocycles. The van der Waals surface area contributed by atoms with Gasteiger partial charge in [0, 0.05) is 17.0 Å². The molecule has 1 saturated carbocycles. The van der Waals surface area contributed by atoms with Crippen molar-refractivity contribution in [1.29, 1.82) is 0 Å². The highest BCUT2D eigenvalue weighted by Gasteiger charge is 2.35. The molecule has 1 aliphatic rings. The minimum Gasteiger partial charge on any atom is -0.328 e. The third-order valence-corrected chi connectivity index (χ3v) is 3.87. The van der Waals surface area contributed by atoms with E-state index in [0.717, 1.165) is 18.9 Å². The lowest BCUT2D eigenvalue weighted by Crippen LogP contribution is -2.34. The second kappa shape index (κ2) is 6.23. The second-order valence-electron chi connectivity index (χ2n) is 5.30. The number of hydrogen-bond acceptors (Lipinski definition) is 2. The predicted molar refractivity (Wildman–Crippen MR) is 75.0 cm³/mol. The zero-order chi connectivity index (χ0) is 15.6. The molecule has 1 fully saturated rings. The lowest BCUT2D eigenvalue weighted by molar-refractivity contribution is -0.137. The summed E-state index contributed by atoms with van der Waals surface area (Å²) in [6.45, 7) is 0. The van der Waals surface area contributed by atoms with Gasteiger partial charge < -0.3 is 11.1 Å². The van der Waals surface area contributed by atoms with Gasteiger partial charge in [0.2, 0.25) is 5.91 Å². The third-order valence-electron chi connectivity index (χ3n) is 3.63. The Labute approximate surface area is 125 Å². The van der Waals surface area contributed by atoms with E-state index in [2.05, 4.69) is 5.32 Å². The minimum atomic E-state index is -4.57. The first kappa shape index (κ1) is 16.1. The molecule has 0 aromatic heterocycles. The fourth-order valence-corrected chi connectivity index (χ4v) is 2.73. The molecular weight excluding hydrogens is 305 g/mol. The lowest BCUT2D eigenvalue weighted by Gasteiger charge is -2.26. The van der Waals surface area contributed by atoms with E-state index in [1.165, 1.54) is 12.1 Å². The molecule has 0 radical (unpaired) electrons. The van der Waals surface area contributed by atoms with E-state index in [-0.39, 0.29) is 22.7 Å². The van der Waals surface area contributed by atoms with Gasteiger partial charge in [0.15, 0.2) is 0 Å². The number of alkyl halides is 3. The maximum absolute atomic E-state index is 13.0. The molecule has 21 heavy (non-hydrogen) atoms. The molecule has 2 rings (SSSR count). The van der Waals surface area contributed by atoms with E-state index < -0.39 is 17.6 Å². The standard InChI is InChI=1S/C14H16ClF3N2O/c15-9-4-5-12(11(7-9)14(16,17)18)20-13(21)8-2-1-3-10(19)6-8/h4-5,7-8,10H,1-3,6,19H2,(H,20,21). The van der Waals surface area contributed by atoms with Crippen molar-refractivity contribution in [3.05, 3.63) is 28.8 Å². The summed E-state index contributed by atoms with van der Waals surface area (Å²) in [6, 6.07) is 3.23. The van der Waals surface area contributed by atoms with Crippen LogP contribution < -0.4 is 11.1 Å². The van der Waals surface area contributed by atoms with Gasteiger partial charge in [0.25, 0.3) is 0 Å². The van der Waals surface area contributed by atoms with Crippen LogP contribution in [0.1, 0.15) is 31.2 Å². The average molecular weight is 321 g/mol. The van der Waals surface area contributed by atoms with Gasteiger partial charge >= 0.3 is 6.18 Å². The molecule has 1 aliphatic carbocycles. The number of rotatable bonds is 2.